The van der Waals surface area contributed by atoms with Crippen molar-refractivity contribution in [3.63, 3.8) is 0 Å². The molecule has 4 heterocycles. The second-order valence-electron chi connectivity index (χ2n) is 8.18. The van der Waals surface area contributed by atoms with Crippen LogP contribution in [0.2, 0.25) is 0 Å². The molecule has 172 valence electrons. The summed E-state index contributed by atoms with van der Waals surface area (Å²) >= 11 is 2.41. The number of anilines is 2. The van der Waals surface area contributed by atoms with Gasteiger partial charge >= 0.3 is 0 Å². The highest BCUT2D eigenvalue weighted by atomic mass is 32.2. The summed E-state index contributed by atoms with van der Waals surface area (Å²) in [5, 5.41) is 6.86. The van der Waals surface area contributed by atoms with Crippen LogP contribution in [-0.4, -0.2) is 78.9 Å². The van der Waals surface area contributed by atoms with Crippen LogP contribution in [0.3, 0.4) is 0 Å². The first-order chi connectivity index (χ1) is 15.4. The van der Waals surface area contributed by atoms with Crippen molar-refractivity contribution in [1.29, 1.82) is 0 Å². The maximum absolute atomic E-state index is 13.0. The average molecular weight is 511 g/mol. The zero-order valence-electron chi connectivity index (χ0n) is 17.8. The van der Waals surface area contributed by atoms with Gasteiger partial charge in [0.15, 0.2) is 0 Å². The van der Waals surface area contributed by atoms with Crippen molar-refractivity contribution in [2.45, 2.75) is 21.9 Å². The van der Waals surface area contributed by atoms with Crippen molar-refractivity contribution in [3.8, 4) is 0 Å². The van der Waals surface area contributed by atoms with Gasteiger partial charge in [-0.15, -0.1) is 23.1 Å². The fourth-order valence-corrected chi connectivity index (χ4v) is 9.05. The molecule has 0 radical (unpaired) electrons. The summed E-state index contributed by atoms with van der Waals surface area (Å²) in [6, 6.07) is 9.30. The first kappa shape index (κ1) is 22.5. The van der Waals surface area contributed by atoms with Crippen LogP contribution >= 0.6 is 23.1 Å². The van der Waals surface area contributed by atoms with Crippen LogP contribution in [0.5, 0.6) is 0 Å². The van der Waals surface area contributed by atoms with Gasteiger partial charge in [0.1, 0.15) is 15.7 Å². The van der Waals surface area contributed by atoms with E-state index in [1.807, 2.05) is 23.9 Å². The van der Waals surface area contributed by atoms with E-state index >= 15 is 0 Å². The second kappa shape index (κ2) is 9.19. The van der Waals surface area contributed by atoms with Gasteiger partial charge in [0.05, 0.1) is 29.0 Å². The number of aliphatic imine (C=N–C) groups is 1. The van der Waals surface area contributed by atoms with Crippen molar-refractivity contribution >= 4 is 60.7 Å². The maximum atomic E-state index is 13.0. The Labute approximate surface area is 200 Å². The van der Waals surface area contributed by atoms with E-state index in [9.17, 15) is 13.0 Å². The Bertz CT molecular complexity index is 1100. The Hall–Kier alpha value is -1.24. The topological polar surface area (TPSA) is 88.1 Å². The van der Waals surface area contributed by atoms with E-state index in [0.29, 0.717) is 15.1 Å². The summed E-state index contributed by atoms with van der Waals surface area (Å²) in [6.45, 7) is 3.58. The molecule has 3 aliphatic heterocycles. The molecule has 3 aliphatic rings. The zero-order valence-corrected chi connectivity index (χ0v) is 21.0. The van der Waals surface area contributed by atoms with Crippen molar-refractivity contribution in [3.05, 3.63) is 41.3 Å². The Kier molecular flexibility index (Phi) is 6.47. The molecule has 32 heavy (non-hydrogen) atoms. The number of fused-ring (bicyclic) bond motifs is 1. The van der Waals surface area contributed by atoms with Gasteiger partial charge in [-0.2, -0.15) is 0 Å². The molecule has 0 saturated carbocycles. The van der Waals surface area contributed by atoms with Crippen molar-refractivity contribution in [1.82, 2.24) is 4.90 Å². The van der Waals surface area contributed by atoms with Gasteiger partial charge in [-0.1, -0.05) is 29.4 Å². The maximum Gasteiger partial charge on any atom is 0.273 e. The molecule has 1 fully saturated rings. The summed E-state index contributed by atoms with van der Waals surface area (Å²) in [5.41, 5.74) is 2.66. The van der Waals surface area contributed by atoms with E-state index in [4.69, 9.17) is 4.99 Å². The standard InChI is InChI=1S/C21H26N4O3S4/c1-24(32(27,28)19-6-3-9-29-19)18-5-2-4-15-12-17(23-20(15)18)21-22-13-16(30-21)14-25-7-10-31(26)11-8-25/h2-6,9,16-17,23H,7-8,10-14H2,1H3. The first-order valence-corrected chi connectivity index (χ1v) is 15.3. The fourth-order valence-electron chi connectivity index (χ4n) is 4.33. The third-order valence-corrected chi connectivity index (χ3v) is 11.8. The Balaban J connectivity index is 1.26. The number of nitrogens with zero attached hydrogens (tertiary/aromatic N) is 3. The number of thioether (sulfide) groups is 1. The molecule has 2 atom stereocenters. The Morgan fingerprint density at radius 1 is 1.28 bits per heavy atom. The quantitative estimate of drug-likeness (QED) is 0.601. The minimum absolute atomic E-state index is 0.0767. The second-order valence-corrected chi connectivity index (χ2v) is 14.3. The van der Waals surface area contributed by atoms with Crippen LogP contribution in [-0.2, 0) is 27.6 Å². The van der Waals surface area contributed by atoms with Gasteiger partial charge in [-0.3, -0.25) is 14.2 Å². The monoisotopic (exact) mass is 510 g/mol. The van der Waals surface area contributed by atoms with Crippen LogP contribution in [0.15, 0.2) is 44.9 Å². The highest BCUT2D eigenvalue weighted by Crippen LogP contribution is 2.40. The molecule has 2 aromatic rings. The van der Waals surface area contributed by atoms with Crippen molar-refractivity contribution < 1.29 is 13.0 Å². The number of thiophene rings is 1. The molecule has 2 unspecified atom stereocenters. The molecule has 0 aliphatic carbocycles. The van der Waals surface area contributed by atoms with E-state index in [-0.39, 0.29) is 6.04 Å². The van der Waals surface area contributed by atoms with Gasteiger partial charge in [-0.25, -0.2) is 8.42 Å². The summed E-state index contributed by atoms with van der Waals surface area (Å²) in [7, 11) is -1.97. The van der Waals surface area contributed by atoms with Crippen LogP contribution in [0.1, 0.15) is 5.56 Å². The van der Waals surface area contributed by atoms with E-state index in [0.717, 1.165) is 60.4 Å². The van der Waals surface area contributed by atoms with Crippen molar-refractivity contribution in [2.75, 3.05) is 54.4 Å². The largest absolute Gasteiger partial charge is 0.616 e. The number of hydrogen-bond donors (Lipinski definition) is 1. The average Bonchev–Trinajstić information content (AvgIpc) is 3.54. The van der Waals surface area contributed by atoms with Gasteiger partial charge in [0, 0.05) is 38.4 Å². The van der Waals surface area contributed by atoms with Crippen LogP contribution in [0, 0.1) is 0 Å². The third kappa shape index (κ3) is 4.43. The minimum Gasteiger partial charge on any atom is -0.616 e. The normalized spacial score (nSPS) is 24.2. The molecular formula is C21H26N4O3S4. The Morgan fingerprint density at radius 2 is 2.09 bits per heavy atom. The minimum atomic E-state index is -3.59. The van der Waals surface area contributed by atoms with Gasteiger partial charge in [0.25, 0.3) is 10.0 Å². The van der Waals surface area contributed by atoms with Gasteiger partial charge < -0.3 is 9.87 Å². The molecule has 1 N–H and O–H groups in total. The first-order valence-electron chi connectivity index (χ1n) is 10.6. The number of para-hydroxylation sites is 1. The summed E-state index contributed by atoms with van der Waals surface area (Å²) in [6.07, 6.45) is 0.803. The highest BCUT2D eigenvalue weighted by Gasteiger charge is 2.34. The predicted octanol–water partition coefficient (Wildman–Crippen LogP) is 2.49. The lowest BCUT2D eigenvalue weighted by Gasteiger charge is -2.29. The molecule has 0 amide bonds. The molecule has 11 heteroatoms. The van der Waals surface area contributed by atoms with Gasteiger partial charge in [0.2, 0.25) is 0 Å². The molecule has 0 spiro atoms. The number of hydrogen-bond acceptors (Lipinski definition) is 8. The van der Waals surface area contributed by atoms with Gasteiger partial charge in [-0.05, 0) is 23.1 Å². The van der Waals surface area contributed by atoms with E-state index in [1.165, 1.54) is 15.6 Å². The summed E-state index contributed by atoms with van der Waals surface area (Å²) in [4.78, 5) is 7.23. The SMILES string of the molecule is CN(c1cccc2c1NC(C1=NCC(CN3CC[S+]([O-])CC3)S1)C2)S(=O)(=O)c1cccs1. The number of benzene rings is 1. The fraction of sp³-hybridized carbons (Fsp3) is 0.476. The smallest absolute Gasteiger partial charge is 0.273 e. The molecular weight excluding hydrogens is 485 g/mol. The third-order valence-electron chi connectivity index (χ3n) is 6.09. The predicted molar refractivity (Wildman–Crippen MR) is 135 cm³/mol. The summed E-state index contributed by atoms with van der Waals surface area (Å²) in [5.74, 6) is 1.55. The number of nitrogens with one attached hydrogen (secondary N) is 1. The lowest BCUT2D eigenvalue weighted by Crippen LogP contribution is -2.43. The van der Waals surface area contributed by atoms with E-state index in [2.05, 4.69) is 16.3 Å². The van der Waals surface area contributed by atoms with Crippen LogP contribution in [0.25, 0.3) is 0 Å². The number of rotatable bonds is 6. The Morgan fingerprint density at radius 3 is 2.84 bits per heavy atom. The molecule has 1 aromatic heterocycles. The number of sulfonamides is 1. The lowest BCUT2D eigenvalue weighted by atomic mass is 10.1. The molecule has 1 aromatic carbocycles. The summed E-state index contributed by atoms with van der Waals surface area (Å²) < 4.78 is 39.4. The molecule has 5 rings (SSSR count). The van der Waals surface area contributed by atoms with Crippen LogP contribution < -0.4 is 9.62 Å². The van der Waals surface area contributed by atoms with Crippen molar-refractivity contribution in [2.24, 2.45) is 4.99 Å². The highest BCUT2D eigenvalue weighted by molar-refractivity contribution is 8.15. The van der Waals surface area contributed by atoms with Crippen LogP contribution in [0.4, 0.5) is 11.4 Å². The molecule has 1 saturated heterocycles. The van der Waals surface area contributed by atoms with E-state index in [1.54, 1.807) is 24.6 Å². The molecule has 7 nitrogen and oxygen atoms in total. The lowest BCUT2D eigenvalue weighted by molar-refractivity contribution is 0.298. The zero-order chi connectivity index (χ0) is 22.3. The molecule has 0 bridgehead atoms. The van der Waals surface area contributed by atoms with E-state index < -0.39 is 21.2 Å².